The smallest absolute Gasteiger partial charge is 0.254 e. The first kappa shape index (κ1) is 21.0. The summed E-state index contributed by atoms with van der Waals surface area (Å²) in [7, 11) is 2.80. The van der Waals surface area contributed by atoms with Crippen LogP contribution in [-0.4, -0.2) is 40.0 Å². The van der Waals surface area contributed by atoms with E-state index in [1.165, 1.54) is 0 Å². The number of anilines is 1. The number of para-hydroxylation sites is 1. The molecule has 0 saturated carbocycles. The molecule has 0 bridgehead atoms. The Bertz CT molecular complexity index is 1090. The molecular formula is C24H28N5O2P. The molecular weight excluding hydrogens is 421 g/mol. The van der Waals surface area contributed by atoms with Gasteiger partial charge in [0.1, 0.15) is 28.6 Å². The highest BCUT2D eigenvalue weighted by atomic mass is 31.0. The van der Waals surface area contributed by atoms with E-state index in [4.69, 9.17) is 15.6 Å². The number of hydrogen-bond donors (Lipinski definition) is 2. The van der Waals surface area contributed by atoms with Gasteiger partial charge in [-0.05, 0) is 61.6 Å². The van der Waals surface area contributed by atoms with Crippen molar-refractivity contribution in [3.63, 3.8) is 0 Å². The summed E-state index contributed by atoms with van der Waals surface area (Å²) in [5.74, 6) is 2.34. The first-order valence-corrected chi connectivity index (χ1v) is 11.6. The summed E-state index contributed by atoms with van der Waals surface area (Å²) in [6, 6.07) is 17.6. The van der Waals surface area contributed by atoms with Crippen molar-refractivity contribution < 1.29 is 9.53 Å². The number of nitrogens with one attached hydrogen (secondary N) is 1. The Morgan fingerprint density at radius 3 is 2.41 bits per heavy atom. The molecule has 3 N–H and O–H groups in total. The molecule has 5 rings (SSSR count). The summed E-state index contributed by atoms with van der Waals surface area (Å²) in [4.78, 5) is 12.5. The number of aromatic nitrogens is 2. The van der Waals surface area contributed by atoms with Gasteiger partial charge in [-0.1, -0.05) is 27.6 Å². The Morgan fingerprint density at radius 1 is 1.03 bits per heavy atom. The Labute approximate surface area is 190 Å². The van der Waals surface area contributed by atoms with Crippen LogP contribution in [0.5, 0.6) is 11.5 Å². The molecule has 1 unspecified atom stereocenters. The average molecular weight is 449 g/mol. The Balaban J connectivity index is 1.46. The number of benzene rings is 2. The zero-order valence-electron chi connectivity index (χ0n) is 17.9. The maximum atomic E-state index is 12.5. The number of primary amides is 1. The van der Waals surface area contributed by atoms with Crippen molar-refractivity contribution in [1.82, 2.24) is 14.5 Å². The Kier molecular flexibility index (Phi) is 5.85. The van der Waals surface area contributed by atoms with Crippen molar-refractivity contribution in [2.24, 2.45) is 11.7 Å². The van der Waals surface area contributed by atoms with Gasteiger partial charge in [0.15, 0.2) is 0 Å². The molecule has 1 aromatic heterocycles. The lowest BCUT2D eigenvalue weighted by Crippen LogP contribution is -2.35. The third-order valence-corrected chi connectivity index (χ3v) is 6.94. The lowest BCUT2D eigenvalue weighted by Gasteiger charge is -2.37. The fraction of sp³-hybridized carbons (Fsp3) is 0.333. The fourth-order valence-corrected chi connectivity index (χ4v) is 5.08. The van der Waals surface area contributed by atoms with E-state index in [9.17, 15) is 4.79 Å². The lowest BCUT2D eigenvalue weighted by atomic mass is 9.87. The number of nitrogens with zero attached hydrogens (tertiary/aromatic N) is 3. The molecule has 7 nitrogen and oxygen atoms in total. The van der Waals surface area contributed by atoms with Crippen LogP contribution in [0.2, 0.25) is 0 Å². The van der Waals surface area contributed by atoms with Crippen LogP contribution in [0.15, 0.2) is 54.6 Å². The minimum Gasteiger partial charge on any atom is -0.457 e. The molecule has 1 fully saturated rings. The van der Waals surface area contributed by atoms with Gasteiger partial charge in [0.05, 0.1) is 6.04 Å². The van der Waals surface area contributed by atoms with Gasteiger partial charge in [-0.3, -0.25) is 9.46 Å². The van der Waals surface area contributed by atoms with Crippen LogP contribution < -0.4 is 15.8 Å². The topological polar surface area (TPSA) is 85.4 Å². The summed E-state index contributed by atoms with van der Waals surface area (Å²) in [5, 5.41) is 8.31. The monoisotopic (exact) mass is 449 g/mol. The number of carbonyl (C=O) groups is 1. The van der Waals surface area contributed by atoms with E-state index in [1.807, 2.05) is 59.3 Å². The lowest BCUT2D eigenvalue weighted by molar-refractivity contribution is 0.100. The second-order valence-electron chi connectivity index (χ2n) is 8.48. The number of amides is 1. The molecule has 1 amide bonds. The average Bonchev–Trinajstić information content (AvgIpc) is 3.21. The molecule has 3 aromatic rings. The van der Waals surface area contributed by atoms with Crippen LogP contribution in [0, 0.1) is 5.92 Å². The van der Waals surface area contributed by atoms with E-state index in [0.717, 1.165) is 61.8 Å². The van der Waals surface area contributed by atoms with Gasteiger partial charge >= 0.3 is 0 Å². The van der Waals surface area contributed by atoms with E-state index in [1.54, 1.807) is 0 Å². The third kappa shape index (κ3) is 4.10. The number of carbonyl (C=O) groups excluding carboxylic acids is 1. The first-order chi connectivity index (χ1) is 15.6. The summed E-state index contributed by atoms with van der Waals surface area (Å²) < 4.78 is 10.2. The first-order valence-electron chi connectivity index (χ1n) is 11.1. The van der Waals surface area contributed by atoms with E-state index >= 15 is 0 Å². The highest BCUT2D eigenvalue weighted by molar-refractivity contribution is 7.13. The van der Waals surface area contributed by atoms with E-state index in [0.29, 0.717) is 17.2 Å². The van der Waals surface area contributed by atoms with Crippen LogP contribution in [0.4, 0.5) is 5.82 Å². The van der Waals surface area contributed by atoms with E-state index in [2.05, 4.69) is 19.4 Å². The molecule has 32 heavy (non-hydrogen) atoms. The molecule has 1 saturated heterocycles. The second-order valence-corrected chi connectivity index (χ2v) is 9.21. The van der Waals surface area contributed by atoms with Gasteiger partial charge in [0.2, 0.25) is 0 Å². The van der Waals surface area contributed by atoms with Crippen LogP contribution >= 0.6 is 9.39 Å². The van der Waals surface area contributed by atoms with Gasteiger partial charge in [-0.2, -0.15) is 5.10 Å². The Hall–Kier alpha value is -2.89. The normalized spacial score (nSPS) is 19.2. The van der Waals surface area contributed by atoms with Crippen molar-refractivity contribution >= 4 is 21.1 Å². The fourth-order valence-electron chi connectivity index (χ4n) is 4.79. The van der Waals surface area contributed by atoms with Gasteiger partial charge < -0.3 is 15.8 Å². The molecule has 3 heterocycles. The highest BCUT2D eigenvalue weighted by Gasteiger charge is 2.34. The van der Waals surface area contributed by atoms with Gasteiger partial charge in [0.25, 0.3) is 5.91 Å². The number of hydrogen-bond acceptors (Lipinski definition) is 5. The minimum atomic E-state index is -0.459. The number of rotatable bonds is 5. The molecule has 2 aromatic carbocycles. The number of ether oxygens (including phenoxy) is 1. The zero-order chi connectivity index (χ0) is 22.1. The van der Waals surface area contributed by atoms with E-state index in [-0.39, 0.29) is 6.04 Å². The number of nitrogens with two attached hydrogens (primary N) is 1. The molecule has 0 aliphatic carbocycles. The maximum Gasteiger partial charge on any atom is 0.254 e. The summed E-state index contributed by atoms with van der Waals surface area (Å²) >= 11 is 0. The van der Waals surface area contributed by atoms with Crippen LogP contribution in [0.3, 0.4) is 0 Å². The summed E-state index contributed by atoms with van der Waals surface area (Å²) in [5.41, 5.74) is 7.77. The SMILES string of the molecule is NC(=O)c1c(-c2ccc(Oc3ccccc3)cc2)nn2c1NCC[C@H]2C1CCN(P)CC1. The molecule has 0 radical (unpaired) electrons. The highest BCUT2D eigenvalue weighted by Crippen LogP contribution is 2.40. The quantitative estimate of drug-likeness (QED) is 0.568. The van der Waals surface area contributed by atoms with Crippen molar-refractivity contribution in [1.29, 1.82) is 0 Å². The van der Waals surface area contributed by atoms with Crippen LogP contribution in [0.1, 0.15) is 35.7 Å². The standard InChI is InChI=1S/C24H28N5O2P/c25-23(30)21-22(17-6-8-19(9-7-17)31-18-4-2-1-3-5-18)27-29-20(10-13-26-24(21)29)16-11-14-28(32)15-12-16/h1-9,16,20,26H,10-15,32H2,(H2,25,30)/t20-/m0/s1. The minimum absolute atomic E-state index is 0.275. The Morgan fingerprint density at radius 2 is 1.72 bits per heavy atom. The van der Waals surface area contributed by atoms with Crippen LogP contribution in [-0.2, 0) is 0 Å². The molecule has 2 atom stereocenters. The summed E-state index contributed by atoms with van der Waals surface area (Å²) in [6.45, 7) is 2.95. The van der Waals surface area contributed by atoms with Crippen LogP contribution in [0.25, 0.3) is 11.3 Å². The maximum absolute atomic E-state index is 12.5. The second kappa shape index (κ2) is 8.93. The third-order valence-electron chi connectivity index (χ3n) is 6.43. The van der Waals surface area contributed by atoms with Crippen molar-refractivity contribution in [2.45, 2.75) is 25.3 Å². The molecule has 8 heteroatoms. The van der Waals surface area contributed by atoms with Gasteiger partial charge in [-0.25, -0.2) is 4.68 Å². The largest absolute Gasteiger partial charge is 0.457 e. The molecule has 2 aliphatic heterocycles. The molecule has 0 spiro atoms. The van der Waals surface area contributed by atoms with Crippen molar-refractivity contribution in [3.8, 4) is 22.8 Å². The van der Waals surface area contributed by atoms with Crippen molar-refractivity contribution in [3.05, 3.63) is 60.2 Å². The molecule has 2 aliphatic rings. The predicted octanol–water partition coefficient (Wildman–Crippen LogP) is 4.30. The van der Waals surface area contributed by atoms with Gasteiger partial charge in [-0.15, -0.1) is 0 Å². The predicted molar refractivity (Wildman–Crippen MR) is 129 cm³/mol. The number of piperidine rings is 1. The van der Waals surface area contributed by atoms with E-state index < -0.39 is 5.91 Å². The summed E-state index contributed by atoms with van der Waals surface area (Å²) in [6.07, 6.45) is 3.25. The van der Waals surface area contributed by atoms with Crippen molar-refractivity contribution in [2.75, 3.05) is 25.0 Å². The molecule has 166 valence electrons. The number of fused-ring (bicyclic) bond motifs is 1. The van der Waals surface area contributed by atoms with Gasteiger partial charge in [0, 0.05) is 25.2 Å². The zero-order valence-corrected chi connectivity index (χ0v) is 19.1.